The van der Waals surface area contributed by atoms with Crippen LogP contribution in [-0.2, 0) is 0 Å². The number of likely N-dealkylation sites (N-methyl/N-ethyl adjacent to an activating group) is 1. The average molecular weight is 269 g/mol. The Balaban J connectivity index is 1.74. The number of piperazine rings is 1. The van der Waals surface area contributed by atoms with Crippen molar-refractivity contribution in [2.45, 2.75) is 57.2 Å². The molecule has 112 valence electrons. The highest BCUT2D eigenvalue weighted by Crippen LogP contribution is 2.20. The molecule has 0 unspecified atom stereocenters. The highest BCUT2D eigenvalue weighted by Gasteiger charge is 2.30. The van der Waals surface area contributed by atoms with Gasteiger partial charge in [0.15, 0.2) is 0 Å². The molecule has 1 heterocycles. The lowest BCUT2D eigenvalue weighted by Crippen LogP contribution is -2.58. The van der Waals surface area contributed by atoms with Crippen LogP contribution in [0, 0.1) is 0 Å². The second-order valence-corrected chi connectivity index (χ2v) is 6.99. The average Bonchev–Trinajstić information content (AvgIpc) is 2.39. The van der Waals surface area contributed by atoms with Crippen LogP contribution in [0.15, 0.2) is 0 Å². The molecule has 0 aromatic heterocycles. The van der Waals surface area contributed by atoms with E-state index in [0.717, 1.165) is 32.2 Å². The van der Waals surface area contributed by atoms with Crippen molar-refractivity contribution in [2.24, 2.45) is 0 Å². The summed E-state index contributed by atoms with van der Waals surface area (Å²) in [5, 5.41) is 13.3. The van der Waals surface area contributed by atoms with Gasteiger partial charge in [0, 0.05) is 44.3 Å². The molecule has 1 aliphatic heterocycles. The van der Waals surface area contributed by atoms with Gasteiger partial charge in [0.05, 0.1) is 6.10 Å². The maximum atomic E-state index is 9.54. The molecule has 19 heavy (non-hydrogen) atoms. The molecule has 4 nitrogen and oxygen atoms in total. The fraction of sp³-hybridized carbons (Fsp3) is 1.00. The van der Waals surface area contributed by atoms with Gasteiger partial charge < -0.3 is 15.3 Å². The number of nitrogens with zero attached hydrogens (tertiary/aromatic N) is 2. The number of nitrogens with one attached hydrogen (secondary N) is 1. The zero-order valence-corrected chi connectivity index (χ0v) is 12.9. The molecule has 0 amide bonds. The van der Waals surface area contributed by atoms with E-state index in [9.17, 15) is 5.11 Å². The van der Waals surface area contributed by atoms with Crippen molar-refractivity contribution in [3.05, 3.63) is 0 Å². The third-order valence-electron chi connectivity index (χ3n) is 4.88. The van der Waals surface area contributed by atoms with Gasteiger partial charge in [-0.25, -0.2) is 0 Å². The third kappa shape index (κ3) is 4.42. The van der Waals surface area contributed by atoms with Crippen LogP contribution in [0.1, 0.15) is 39.5 Å². The Kier molecular flexibility index (Phi) is 5.23. The van der Waals surface area contributed by atoms with E-state index in [4.69, 9.17) is 0 Å². The first kappa shape index (κ1) is 15.2. The Morgan fingerprint density at radius 1 is 1.05 bits per heavy atom. The molecule has 0 bridgehead atoms. The quantitative estimate of drug-likeness (QED) is 0.795. The van der Waals surface area contributed by atoms with Crippen molar-refractivity contribution in [3.8, 4) is 0 Å². The van der Waals surface area contributed by atoms with Crippen LogP contribution in [0.4, 0.5) is 0 Å². The zero-order valence-electron chi connectivity index (χ0n) is 12.9. The van der Waals surface area contributed by atoms with E-state index >= 15 is 0 Å². The summed E-state index contributed by atoms with van der Waals surface area (Å²) < 4.78 is 0. The minimum absolute atomic E-state index is 0.0521. The van der Waals surface area contributed by atoms with Crippen molar-refractivity contribution in [3.63, 3.8) is 0 Å². The van der Waals surface area contributed by atoms with Crippen molar-refractivity contribution >= 4 is 0 Å². The first-order chi connectivity index (χ1) is 8.97. The maximum absolute atomic E-state index is 9.54. The summed E-state index contributed by atoms with van der Waals surface area (Å²) in [4.78, 5) is 5.01. The highest BCUT2D eigenvalue weighted by molar-refractivity contribution is 4.89. The Bertz CT molecular complexity index is 267. The molecule has 0 spiro atoms. The first-order valence-corrected chi connectivity index (χ1v) is 7.82. The van der Waals surface area contributed by atoms with E-state index in [1.807, 2.05) is 0 Å². The SMILES string of the molecule is CN1CCN(C(C)(C)CNC2CCC(O)CC2)CC1. The van der Waals surface area contributed by atoms with Crippen LogP contribution in [0.25, 0.3) is 0 Å². The van der Waals surface area contributed by atoms with Crippen LogP contribution in [0.2, 0.25) is 0 Å². The van der Waals surface area contributed by atoms with E-state index in [1.165, 1.54) is 26.2 Å². The summed E-state index contributed by atoms with van der Waals surface area (Å²) in [5.74, 6) is 0. The molecule has 1 saturated carbocycles. The predicted octanol–water partition coefficient (Wildman–Crippen LogP) is 0.906. The maximum Gasteiger partial charge on any atom is 0.0541 e. The van der Waals surface area contributed by atoms with Crippen molar-refractivity contribution < 1.29 is 5.11 Å². The third-order valence-corrected chi connectivity index (χ3v) is 4.88. The number of aliphatic hydroxyl groups excluding tert-OH is 1. The molecular weight excluding hydrogens is 238 g/mol. The molecule has 2 aliphatic rings. The smallest absolute Gasteiger partial charge is 0.0541 e. The number of rotatable bonds is 4. The lowest BCUT2D eigenvalue weighted by molar-refractivity contribution is 0.0561. The molecule has 1 saturated heterocycles. The van der Waals surface area contributed by atoms with Gasteiger partial charge in [-0.05, 0) is 46.6 Å². The van der Waals surface area contributed by atoms with Gasteiger partial charge in [0.1, 0.15) is 0 Å². The van der Waals surface area contributed by atoms with Gasteiger partial charge in [0.2, 0.25) is 0 Å². The first-order valence-electron chi connectivity index (χ1n) is 7.82. The molecule has 4 heteroatoms. The molecule has 0 aromatic rings. The number of hydrogen-bond donors (Lipinski definition) is 2. The lowest BCUT2D eigenvalue weighted by atomic mass is 9.92. The normalized spacial score (nSPS) is 31.6. The summed E-state index contributed by atoms with van der Waals surface area (Å²) in [6.07, 6.45) is 4.13. The monoisotopic (exact) mass is 269 g/mol. The highest BCUT2D eigenvalue weighted by atomic mass is 16.3. The predicted molar refractivity (Wildman–Crippen MR) is 79.4 cm³/mol. The largest absolute Gasteiger partial charge is 0.393 e. The van der Waals surface area contributed by atoms with Gasteiger partial charge in [-0.3, -0.25) is 4.90 Å². The van der Waals surface area contributed by atoms with E-state index in [0.29, 0.717) is 6.04 Å². The molecular formula is C15H31N3O. The minimum Gasteiger partial charge on any atom is -0.393 e. The van der Waals surface area contributed by atoms with E-state index < -0.39 is 0 Å². The van der Waals surface area contributed by atoms with E-state index in [1.54, 1.807) is 0 Å². The zero-order chi connectivity index (χ0) is 13.9. The molecule has 1 aliphatic carbocycles. The minimum atomic E-state index is -0.0521. The Labute approximate surface area is 118 Å². The van der Waals surface area contributed by atoms with Crippen molar-refractivity contribution in [2.75, 3.05) is 39.8 Å². The van der Waals surface area contributed by atoms with Gasteiger partial charge >= 0.3 is 0 Å². The number of hydrogen-bond acceptors (Lipinski definition) is 4. The summed E-state index contributed by atoms with van der Waals surface area (Å²) in [6.45, 7) is 10.5. The van der Waals surface area contributed by atoms with Gasteiger partial charge in [-0.2, -0.15) is 0 Å². The second-order valence-electron chi connectivity index (χ2n) is 6.99. The van der Waals surface area contributed by atoms with Crippen LogP contribution in [0.3, 0.4) is 0 Å². The Morgan fingerprint density at radius 2 is 1.63 bits per heavy atom. The fourth-order valence-corrected chi connectivity index (χ4v) is 3.20. The molecule has 0 aromatic carbocycles. The van der Waals surface area contributed by atoms with E-state index in [2.05, 4.69) is 36.0 Å². The van der Waals surface area contributed by atoms with Gasteiger partial charge in [0.25, 0.3) is 0 Å². The van der Waals surface area contributed by atoms with Gasteiger partial charge in [-0.15, -0.1) is 0 Å². The summed E-state index contributed by atoms with van der Waals surface area (Å²) in [5.41, 5.74) is 0.233. The second kappa shape index (κ2) is 6.53. The lowest BCUT2D eigenvalue weighted by Gasteiger charge is -2.44. The van der Waals surface area contributed by atoms with Crippen LogP contribution >= 0.6 is 0 Å². The van der Waals surface area contributed by atoms with Crippen LogP contribution in [-0.4, -0.2) is 72.4 Å². The molecule has 2 N–H and O–H groups in total. The van der Waals surface area contributed by atoms with Crippen molar-refractivity contribution in [1.82, 2.24) is 15.1 Å². The van der Waals surface area contributed by atoms with E-state index in [-0.39, 0.29) is 11.6 Å². The fourth-order valence-electron chi connectivity index (χ4n) is 3.20. The number of aliphatic hydroxyl groups is 1. The molecule has 0 radical (unpaired) electrons. The summed E-state index contributed by atoms with van der Waals surface area (Å²) in [6, 6.07) is 0.607. The van der Waals surface area contributed by atoms with Crippen LogP contribution < -0.4 is 5.32 Å². The topological polar surface area (TPSA) is 38.7 Å². The summed E-state index contributed by atoms with van der Waals surface area (Å²) >= 11 is 0. The standard InChI is InChI=1S/C15H31N3O/c1-15(2,18-10-8-17(3)9-11-18)12-16-13-4-6-14(19)7-5-13/h13-14,16,19H,4-12H2,1-3H3. The molecule has 2 fully saturated rings. The Hall–Kier alpha value is -0.160. The van der Waals surface area contributed by atoms with Crippen molar-refractivity contribution in [1.29, 1.82) is 0 Å². The summed E-state index contributed by atoms with van der Waals surface area (Å²) in [7, 11) is 2.20. The Morgan fingerprint density at radius 3 is 2.21 bits per heavy atom. The van der Waals surface area contributed by atoms with Crippen LogP contribution in [0.5, 0.6) is 0 Å². The van der Waals surface area contributed by atoms with Gasteiger partial charge in [-0.1, -0.05) is 0 Å². The molecule has 0 atom stereocenters. The molecule has 2 rings (SSSR count).